The van der Waals surface area contributed by atoms with Crippen LogP contribution in [-0.2, 0) is 14.3 Å². The summed E-state index contributed by atoms with van der Waals surface area (Å²) >= 11 is 3.95. The lowest BCUT2D eigenvalue weighted by Gasteiger charge is -2.13. The molecule has 0 aromatic rings. The highest BCUT2D eigenvalue weighted by atomic mass is 32.1. The Kier molecular flexibility index (Phi) is 6.40. The lowest BCUT2D eigenvalue weighted by atomic mass is 10.3. The Morgan fingerprint density at radius 2 is 2.08 bits per heavy atom. The largest absolute Gasteiger partial charge is 0.464 e. The van der Waals surface area contributed by atoms with E-state index in [0.29, 0.717) is 13.0 Å². The minimum Gasteiger partial charge on any atom is -0.464 e. The van der Waals surface area contributed by atoms with Crippen LogP contribution in [0.4, 0.5) is 0 Å². The maximum atomic E-state index is 11.1. The molecular weight excluding hydrogens is 190 g/mol. The van der Waals surface area contributed by atoms with E-state index in [0.717, 1.165) is 0 Å². The van der Waals surface area contributed by atoms with Crippen molar-refractivity contribution in [1.29, 1.82) is 0 Å². The zero-order valence-corrected chi connectivity index (χ0v) is 8.77. The third-order valence-corrected chi connectivity index (χ3v) is 1.78. The second kappa shape index (κ2) is 6.77. The van der Waals surface area contributed by atoms with Gasteiger partial charge in [-0.05, 0) is 6.92 Å². The molecule has 0 fully saturated rings. The van der Waals surface area contributed by atoms with E-state index < -0.39 is 12.0 Å². The Morgan fingerprint density at radius 1 is 1.46 bits per heavy atom. The third kappa shape index (κ3) is 4.77. The summed E-state index contributed by atoms with van der Waals surface area (Å²) in [6.45, 7) is 3.75. The molecule has 0 spiro atoms. The Morgan fingerprint density at radius 3 is 2.46 bits per heavy atom. The SMILES string of the molecule is CCOC(=O)[C@H](CS)NC(=O)CC. The van der Waals surface area contributed by atoms with Crippen LogP contribution in [0.1, 0.15) is 20.3 Å². The summed E-state index contributed by atoms with van der Waals surface area (Å²) in [6.07, 6.45) is 0.351. The highest BCUT2D eigenvalue weighted by molar-refractivity contribution is 7.80. The van der Waals surface area contributed by atoms with Crippen LogP contribution in [0.5, 0.6) is 0 Å². The summed E-state index contributed by atoms with van der Waals surface area (Å²) in [5.41, 5.74) is 0. The van der Waals surface area contributed by atoms with Gasteiger partial charge in [0.25, 0.3) is 0 Å². The molecule has 0 aromatic heterocycles. The molecule has 1 amide bonds. The molecule has 0 unspecified atom stereocenters. The summed E-state index contributed by atoms with van der Waals surface area (Å²) in [4.78, 5) is 22.1. The van der Waals surface area contributed by atoms with Gasteiger partial charge in [-0.3, -0.25) is 4.79 Å². The number of esters is 1. The molecule has 0 rings (SSSR count). The molecule has 1 N–H and O–H groups in total. The first-order valence-electron chi connectivity index (χ1n) is 4.22. The van der Waals surface area contributed by atoms with Gasteiger partial charge in [-0.25, -0.2) is 4.79 Å². The molecule has 5 heteroatoms. The predicted molar refractivity (Wildman–Crippen MR) is 52.7 cm³/mol. The number of carbonyl (C=O) groups excluding carboxylic acids is 2. The van der Waals surface area contributed by atoms with E-state index in [1.54, 1.807) is 13.8 Å². The number of hydrogen-bond donors (Lipinski definition) is 2. The van der Waals surface area contributed by atoms with Gasteiger partial charge in [-0.1, -0.05) is 6.92 Å². The molecule has 0 saturated heterocycles. The van der Waals surface area contributed by atoms with Crippen molar-refractivity contribution in [2.24, 2.45) is 0 Å². The number of ether oxygens (including phenoxy) is 1. The van der Waals surface area contributed by atoms with Crippen LogP contribution >= 0.6 is 12.6 Å². The second-order valence-corrected chi connectivity index (χ2v) is 2.77. The molecule has 0 aliphatic heterocycles. The lowest BCUT2D eigenvalue weighted by molar-refractivity contribution is -0.146. The molecule has 0 saturated carbocycles. The number of hydrogen-bond acceptors (Lipinski definition) is 4. The Labute approximate surface area is 83.4 Å². The van der Waals surface area contributed by atoms with Crippen molar-refractivity contribution in [2.45, 2.75) is 26.3 Å². The van der Waals surface area contributed by atoms with Gasteiger partial charge < -0.3 is 10.1 Å². The highest BCUT2D eigenvalue weighted by Crippen LogP contribution is 1.93. The zero-order valence-electron chi connectivity index (χ0n) is 7.87. The normalized spacial score (nSPS) is 11.9. The van der Waals surface area contributed by atoms with Gasteiger partial charge in [-0.2, -0.15) is 12.6 Å². The first-order chi connectivity index (χ1) is 6.15. The zero-order chi connectivity index (χ0) is 10.3. The summed E-state index contributed by atoms with van der Waals surface area (Å²) in [5.74, 6) is -0.351. The first kappa shape index (κ1) is 12.3. The van der Waals surface area contributed by atoms with Crippen LogP contribution in [0, 0.1) is 0 Å². The van der Waals surface area contributed by atoms with Crippen molar-refractivity contribution in [3.8, 4) is 0 Å². The van der Waals surface area contributed by atoms with Gasteiger partial charge in [0.05, 0.1) is 6.61 Å². The molecule has 76 valence electrons. The summed E-state index contributed by atoms with van der Waals surface area (Å²) in [6, 6.07) is -0.629. The molecule has 13 heavy (non-hydrogen) atoms. The molecule has 4 nitrogen and oxygen atoms in total. The van der Waals surface area contributed by atoms with Crippen LogP contribution in [0.15, 0.2) is 0 Å². The van der Waals surface area contributed by atoms with E-state index in [1.807, 2.05) is 0 Å². The van der Waals surface area contributed by atoms with Crippen molar-refractivity contribution < 1.29 is 14.3 Å². The maximum Gasteiger partial charge on any atom is 0.329 e. The number of amides is 1. The topological polar surface area (TPSA) is 55.4 Å². The minimum atomic E-state index is -0.629. The summed E-state index contributed by atoms with van der Waals surface area (Å²) in [5, 5.41) is 2.51. The quantitative estimate of drug-likeness (QED) is 0.504. The van der Waals surface area contributed by atoms with Crippen molar-refractivity contribution >= 4 is 24.5 Å². The average Bonchev–Trinajstić information content (AvgIpc) is 2.14. The van der Waals surface area contributed by atoms with Crippen molar-refractivity contribution in [3.63, 3.8) is 0 Å². The monoisotopic (exact) mass is 205 g/mol. The van der Waals surface area contributed by atoms with E-state index in [1.165, 1.54) is 0 Å². The molecule has 0 heterocycles. The fraction of sp³-hybridized carbons (Fsp3) is 0.750. The van der Waals surface area contributed by atoms with E-state index in [4.69, 9.17) is 4.74 Å². The Balaban J connectivity index is 4.01. The average molecular weight is 205 g/mol. The maximum absolute atomic E-state index is 11.1. The van der Waals surface area contributed by atoms with Gasteiger partial charge in [0, 0.05) is 12.2 Å². The van der Waals surface area contributed by atoms with Crippen LogP contribution in [0.25, 0.3) is 0 Å². The number of carbonyl (C=O) groups is 2. The van der Waals surface area contributed by atoms with E-state index in [2.05, 4.69) is 17.9 Å². The standard InChI is InChI=1S/C8H15NO3S/c1-3-7(10)9-6(5-13)8(11)12-4-2/h6,13H,3-5H2,1-2H3,(H,9,10)/t6-/m0/s1. The molecule has 0 radical (unpaired) electrons. The van der Waals surface area contributed by atoms with Gasteiger partial charge in [0.15, 0.2) is 0 Å². The van der Waals surface area contributed by atoms with Crippen LogP contribution in [-0.4, -0.2) is 30.3 Å². The van der Waals surface area contributed by atoms with E-state index >= 15 is 0 Å². The second-order valence-electron chi connectivity index (χ2n) is 2.41. The predicted octanol–water partition coefficient (Wildman–Crippen LogP) is 0.374. The van der Waals surface area contributed by atoms with Gasteiger partial charge in [0.2, 0.25) is 5.91 Å². The molecule has 0 aliphatic rings. The van der Waals surface area contributed by atoms with Crippen LogP contribution in [0.2, 0.25) is 0 Å². The van der Waals surface area contributed by atoms with E-state index in [-0.39, 0.29) is 11.7 Å². The van der Waals surface area contributed by atoms with Gasteiger partial charge >= 0.3 is 5.97 Å². The first-order valence-corrected chi connectivity index (χ1v) is 4.85. The Hall–Kier alpha value is -0.710. The summed E-state index contributed by atoms with van der Waals surface area (Å²) in [7, 11) is 0. The van der Waals surface area contributed by atoms with E-state index in [9.17, 15) is 9.59 Å². The summed E-state index contributed by atoms with van der Waals surface area (Å²) < 4.78 is 4.74. The number of thiol groups is 1. The van der Waals surface area contributed by atoms with Crippen molar-refractivity contribution in [1.82, 2.24) is 5.32 Å². The number of rotatable bonds is 5. The fourth-order valence-corrected chi connectivity index (χ4v) is 0.959. The molecule has 0 aromatic carbocycles. The molecule has 0 bridgehead atoms. The fourth-order valence-electron chi connectivity index (χ4n) is 0.718. The highest BCUT2D eigenvalue weighted by Gasteiger charge is 2.19. The van der Waals surface area contributed by atoms with Gasteiger partial charge in [0.1, 0.15) is 6.04 Å². The smallest absolute Gasteiger partial charge is 0.329 e. The van der Waals surface area contributed by atoms with Crippen molar-refractivity contribution in [2.75, 3.05) is 12.4 Å². The third-order valence-electron chi connectivity index (χ3n) is 1.41. The number of nitrogens with one attached hydrogen (secondary N) is 1. The lowest BCUT2D eigenvalue weighted by Crippen LogP contribution is -2.42. The van der Waals surface area contributed by atoms with Gasteiger partial charge in [-0.15, -0.1) is 0 Å². The molecule has 0 aliphatic carbocycles. The van der Waals surface area contributed by atoms with Crippen molar-refractivity contribution in [3.05, 3.63) is 0 Å². The Bertz CT molecular complexity index is 184. The minimum absolute atomic E-state index is 0.174. The van der Waals surface area contributed by atoms with Crippen LogP contribution < -0.4 is 5.32 Å². The van der Waals surface area contributed by atoms with Crippen LogP contribution in [0.3, 0.4) is 0 Å². The molecular formula is C8H15NO3S. The molecule has 1 atom stereocenters.